The predicted molar refractivity (Wildman–Crippen MR) is 120 cm³/mol. The Kier molecular flexibility index (Phi) is 6.73. The fourth-order valence-electron chi connectivity index (χ4n) is 4.91. The number of hydrogen-bond donors (Lipinski definition) is 5. The van der Waals surface area contributed by atoms with Gasteiger partial charge in [-0.2, -0.15) is 13.2 Å². The number of nitrogens with one attached hydrogen (secondary N) is 3. The Balaban J connectivity index is 1.53. The molecule has 2 heterocycles. The van der Waals surface area contributed by atoms with Gasteiger partial charge in [0.15, 0.2) is 0 Å². The van der Waals surface area contributed by atoms with Gasteiger partial charge in [0.2, 0.25) is 17.7 Å². The van der Waals surface area contributed by atoms with E-state index in [1.54, 1.807) is 24.3 Å². The third-order valence-electron chi connectivity index (χ3n) is 7.00. The van der Waals surface area contributed by atoms with Crippen molar-refractivity contribution in [3.63, 3.8) is 0 Å². The van der Waals surface area contributed by atoms with Gasteiger partial charge in [0.25, 0.3) is 0 Å². The number of para-hydroxylation sites is 1. The summed E-state index contributed by atoms with van der Waals surface area (Å²) < 4.78 is 38.1. The van der Waals surface area contributed by atoms with Gasteiger partial charge in [-0.05, 0) is 30.9 Å². The van der Waals surface area contributed by atoms with E-state index in [-0.39, 0.29) is 31.2 Å². The first-order valence-electron chi connectivity index (χ1n) is 11.7. The van der Waals surface area contributed by atoms with Crippen LogP contribution in [0.3, 0.4) is 0 Å². The number of nitrogens with zero attached hydrogens (tertiary/aromatic N) is 1. The van der Waals surface area contributed by atoms with Crippen molar-refractivity contribution < 1.29 is 37.5 Å². The molecule has 1 aromatic carbocycles. The SMILES string of the molecule is C[C@@H](O)[C@H](NC(=O)C(F)(F)F)C(=O)N[C@@H](CC1CC1)C(=O)N1C[C@]2(C[C@H]1N)C(=O)Nc1ccccc12. The smallest absolute Gasteiger partial charge is 0.391 e. The molecule has 0 radical (unpaired) electrons. The molecular formula is C23H28F3N5O5. The molecule has 196 valence electrons. The molecule has 1 saturated heterocycles. The lowest BCUT2D eigenvalue weighted by Gasteiger charge is -2.30. The topological polar surface area (TPSA) is 154 Å². The number of aliphatic hydroxyl groups excluding tert-OH is 1. The maximum atomic E-state index is 13.6. The Hall–Kier alpha value is -3.19. The van der Waals surface area contributed by atoms with Crippen LogP contribution in [0.2, 0.25) is 0 Å². The van der Waals surface area contributed by atoms with Gasteiger partial charge in [0.1, 0.15) is 12.1 Å². The van der Waals surface area contributed by atoms with Gasteiger partial charge in [-0.3, -0.25) is 19.2 Å². The Morgan fingerprint density at radius 2 is 1.92 bits per heavy atom. The molecule has 36 heavy (non-hydrogen) atoms. The number of likely N-dealkylation sites (tertiary alicyclic amines) is 1. The standard InChI is InChI=1S/C23H28F3N5O5/c1-11(32)17(30-21(36)23(24,25)26)18(33)28-15(8-12-6-7-12)19(34)31-10-22(9-16(31)27)13-4-2-3-5-14(13)29-20(22)35/h2-5,11-12,15-17,32H,6-10,27H2,1H3,(H,28,33)(H,29,35)(H,30,36)/t11-,15+,16+,17+,22+/m1/s1. The highest BCUT2D eigenvalue weighted by Crippen LogP contribution is 2.45. The van der Waals surface area contributed by atoms with Crippen LogP contribution in [0.5, 0.6) is 0 Å². The van der Waals surface area contributed by atoms with Crippen molar-refractivity contribution in [3.8, 4) is 0 Å². The molecule has 1 aromatic rings. The van der Waals surface area contributed by atoms with Crippen molar-refractivity contribution in [2.24, 2.45) is 11.7 Å². The number of hydrogen-bond acceptors (Lipinski definition) is 6. The lowest BCUT2D eigenvalue weighted by Crippen LogP contribution is -2.59. The van der Waals surface area contributed by atoms with E-state index in [4.69, 9.17) is 5.73 Å². The van der Waals surface area contributed by atoms with Gasteiger partial charge in [-0.25, -0.2) is 0 Å². The second kappa shape index (κ2) is 9.36. The molecule has 4 rings (SSSR count). The van der Waals surface area contributed by atoms with Crippen LogP contribution in [-0.4, -0.2) is 70.7 Å². The van der Waals surface area contributed by atoms with Crippen LogP contribution >= 0.6 is 0 Å². The van der Waals surface area contributed by atoms with Gasteiger partial charge < -0.3 is 31.7 Å². The molecule has 0 aromatic heterocycles. The minimum Gasteiger partial charge on any atom is -0.391 e. The molecule has 4 amide bonds. The molecule has 1 aliphatic carbocycles. The van der Waals surface area contributed by atoms with Crippen LogP contribution in [0.25, 0.3) is 0 Å². The van der Waals surface area contributed by atoms with E-state index in [0.29, 0.717) is 11.3 Å². The predicted octanol–water partition coefficient (Wildman–Crippen LogP) is 0.106. The first kappa shape index (κ1) is 25.9. The van der Waals surface area contributed by atoms with Gasteiger partial charge >= 0.3 is 12.1 Å². The monoisotopic (exact) mass is 511 g/mol. The average Bonchev–Trinajstić information content (AvgIpc) is 3.49. The van der Waals surface area contributed by atoms with Crippen LogP contribution < -0.4 is 21.7 Å². The number of rotatable bonds is 7. The number of anilines is 1. The van der Waals surface area contributed by atoms with E-state index < -0.39 is 53.7 Å². The molecule has 2 aliphatic heterocycles. The molecular weight excluding hydrogens is 483 g/mol. The van der Waals surface area contributed by atoms with E-state index in [0.717, 1.165) is 19.8 Å². The van der Waals surface area contributed by atoms with E-state index >= 15 is 0 Å². The van der Waals surface area contributed by atoms with E-state index in [9.17, 15) is 37.5 Å². The summed E-state index contributed by atoms with van der Waals surface area (Å²) >= 11 is 0. The molecule has 2 fully saturated rings. The number of alkyl halides is 3. The van der Waals surface area contributed by atoms with E-state index in [1.165, 1.54) is 10.2 Å². The highest BCUT2D eigenvalue weighted by atomic mass is 19.4. The average molecular weight is 512 g/mol. The zero-order valence-electron chi connectivity index (χ0n) is 19.5. The second-order valence-electron chi connectivity index (χ2n) is 9.75. The molecule has 1 saturated carbocycles. The van der Waals surface area contributed by atoms with Crippen molar-refractivity contribution in [3.05, 3.63) is 29.8 Å². The normalized spacial score (nSPS) is 25.7. The lowest BCUT2D eigenvalue weighted by molar-refractivity contribution is -0.175. The van der Waals surface area contributed by atoms with Crippen LogP contribution in [0.1, 0.15) is 38.2 Å². The number of nitrogens with two attached hydrogens (primary N) is 1. The van der Waals surface area contributed by atoms with Crippen LogP contribution in [0.15, 0.2) is 24.3 Å². The lowest BCUT2D eigenvalue weighted by atomic mass is 9.80. The molecule has 13 heteroatoms. The molecule has 5 atom stereocenters. The summed E-state index contributed by atoms with van der Waals surface area (Å²) in [4.78, 5) is 51.9. The first-order chi connectivity index (χ1) is 16.8. The Labute approximate surface area is 204 Å². The summed E-state index contributed by atoms with van der Waals surface area (Å²) in [7, 11) is 0. The Morgan fingerprint density at radius 1 is 1.25 bits per heavy atom. The van der Waals surface area contributed by atoms with Crippen molar-refractivity contribution in [1.82, 2.24) is 15.5 Å². The summed E-state index contributed by atoms with van der Waals surface area (Å²) in [5.41, 5.74) is 6.57. The minimum atomic E-state index is -5.26. The van der Waals surface area contributed by atoms with Gasteiger partial charge in [-0.1, -0.05) is 31.0 Å². The second-order valence-corrected chi connectivity index (χ2v) is 9.75. The minimum absolute atomic E-state index is 0.0302. The van der Waals surface area contributed by atoms with Crippen LogP contribution in [0.4, 0.5) is 18.9 Å². The molecule has 10 nitrogen and oxygen atoms in total. The number of aliphatic hydroxyl groups is 1. The van der Waals surface area contributed by atoms with Crippen molar-refractivity contribution >= 4 is 29.3 Å². The molecule has 1 spiro atoms. The van der Waals surface area contributed by atoms with Crippen molar-refractivity contribution in [2.45, 2.75) is 68.6 Å². The molecule has 3 aliphatic rings. The summed E-state index contributed by atoms with van der Waals surface area (Å²) in [6.45, 7) is 1.02. The zero-order valence-corrected chi connectivity index (χ0v) is 19.5. The van der Waals surface area contributed by atoms with Crippen LogP contribution in [-0.2, 0) is 24.6 Å². The quantitative estimate of drug-likeness (QED) is 0.350. The first-order valence-corrected chi connectivity index (χ1v) is 11.7. The number of halogens is 3. The largest absolute Gasteiger partial charge is 0.471 e. The Morgan fingerprint density at radius 3 is 2.53 bits per heavy atom. The number of fused-ring (bicyclic) bond motifs is 2. The highest BCUT2D eigenvalue weighted by Gasteiger charge is 2.55. The Bertz CT molecular complexity index is 1080. The third-order valence-corrected chi connectivity index (χ3v) is 7.00. The number of benzene rings is 1. The van der Waals surface area contributed by atoms with Gasteiger partial charge in [-0.15, -0.1) is 0 Å². The number of carbonyl (C=O) groups is 4. The maximum Gasteiger partial charge on any atom is 0.471 e. The summed E-state index contributed by atoms with van der Waals surface area (Å²) in [5.74, 6) is -4.27. The fourth-order valence-corrected chi connectivity index (χ4v) is 4.91. The van der Waals surface area contributed by atoms with Gasteiger partial charge in [0, 0.05) is 18.7 Å². The fraction of sp³-hybridized carbons (Fsp3) is 0.565. The number of carbonyl (C=O) groups excluding carboxylic acids is 4. The summed E-state index contributed by atoms with van der Waals surface area (Å²) in [6.07, 6.45) is -5.76. The highest BCUT2D eigenvalue weighted by molar-refractivity contribution is 6.07. The zero-order chi connectivity index (χ0) is 26.4. The van der Waals surface area contributed by atoms with Crippen molar-refractivity contribution in [1.29, 1.82) is 0 Å². The van der Waals surface area contributed by atoms with E-state index in [1.807, 2.05) is 0 Å². The summed E-state index contributed by atoms with van der Waals surface area (Å²) in [6, 6.07) is 3.99. The van der Waals surface area contributed by atoms with Gasteiger partial charge in [0.05, 0.1) is 17.7 Å². The van der Waals surface area contributed by atoms with Crippen molar-refractivity contribution in [2.75, 3.05) is 11.9 Å². The molecule has 6 N–H and O–H groups in total. The third kappa shape index (κ3) is 4.89. The van der Waals surface area contributed by atoms with Crippen LogP contribution in [0, 0.1) is 5.92 Å². The molecule has 0 bridgehead atoms. The number of amides is 4. The molecule has 0 unspecified atom stereocenters. The van der Waals surface area contributed by atoms with E-state index in [2.05, 4.69) is 10.6 Å². The maximum absolute atomic E-state index is 13.6. The summed E-state index contributed by atoms with van der Waals surface area (Å²) in [5, 5.41) is 16.5.